The average molecular weight is 236 g/mol. The van der Waals surface area contributed by atoms with Crippen LogP contribution >= 0.6 is 24.8 Å². The zero-order valence-corrected chi connectivity index (χ0v) is 8.92. The van der Waals surface area contributed by atoms with Crippen LogP contribution in [0.4, 0.5) is 8.78 Å². The van der Waals surface area contributed by atoms with Crippen LogP contribution in [0.25, 0.3) is 0 Å². The van der Waals surface area contributed by atoms with Crippen molar-refractivity contribution in [1.29, 1.82) is 0 Å². The minimum absolute atomic E-state index is 0.000000000000000222. The van der Waals surface area contributed by atoms with Crippen molar-refractivity contribution in [2.45, 2.75) is 5.75 Å². The van der Waals surface area contributed by atoms with Gasteiger partial charge in [0.05, 0.1) is 0 Å². The van der Waals surface area contributed by atoms with Gasteiger partial charge in [0.2, 0.25) is 0 Å². The Morgan fingerprint density at radius 2 is 1.86 bits per heavy atom. The number of hydrogen-bond donors (Lipinski definition) is 3. The van der Waals surface area contributed by atoms with Crippen LogP contribution in [0.1, 0.15) is 5.56 Å². The van der Waals surface area contributed by atoms with Crippen LogP contribution in [0, 0.1) is 11.6 Å². The number of halogens is 2. The van der Waals surface area contributed by atoms with E-state index in [2.05, 4.69) is 36.3 Å². The summed E-state index contributed by atoms with van der Waals surface area (Å²) in [6.07, 6.45) is 0. The average Bonchev–Trinajstić information content (AvgIpc) is 2.09. The summed E-state index contributed by atoms with van der Waals surface area (Å²) in [6.45, 7) is 0. The molecule has 0 saturated carbocycles. The minimum atomic E-state index is -0.813. The number of thiocarbonyl (C=S) groups is 1. The van der Waals surface area contributed by atoms with E-state index in [4.69, 9.17) is 0 Å². The van der Waals surface area contributed by atoms with Gasteiger partial charge in [-0.2, -0.15) is 12.6 Å². The smallest absolute Gasteiger partial charge is 0.162 e. The number of benzene rings is 1. The maximum atomic E-state index is 12.6. The largest absolute Gasteiger partial charge is 0.377 e. The summed E-state index contributed by atoms with van der Waals surface area (Å²) in [5.74, 6) is -1.38. The first-order valence-electron chi connectivity index (χ1n) is 3.57. The molecule has 14 heavy (non-hydrogen) atoms. The van der Waals surface area contributed by atoms with Gasteiger partial charge in [-0.05, 0) is 18.3 Å². The highest BCUT2D eigenvalue weighted by atomic mass is 32.1. The van der Waals surface area contributed by atoms with Gasteiger partial charge in [0.1, 0.15) is 0 Å². The summed E-state index contributed by atoms with van der Waals surface area (Å²) in [5, 5.41) is 0.000000000000000222. The molecular weight excluding hydrogens is 226 g/mol. The standard InChI is InChI=1S/C7H6F2S.CH4N2S/c8-6-3-1-2-5(4-10)7(6)9;2-1(3)4/h1-3,10H,4H2;(H4,2,3,4). The molecule has 1 aromatic carbocycles. The second-order valence-electron chi connectivity index (χ2n) is 2.27. The number of nitrogens with two attached hydrogens (primary N) is 2. The molecule has 4 N–H and O–H groups in total. The molecule has 0 atom stereocenters. The third kappa shape index (κ3) is 4.98. The Morgan fingerprint density at radius 1 is 1.36 bits per heavy atom. The number of rotatable bonds is 1. The predicted molar refractivity (Wildman–Crippen MR) is 60.0 cm³/mol. The van der Waals surface area contributed by atoms with Crippen molar-refractivity contribution in [2.75, 3.05) is 0 Å². The van der Waals surface area contributed by atoms with Crippen LogP contribution in [0.3, 0.4) is 0 Å². The van der Waals surface area contributed by atoms with E-state index in [-0.39, 0.29) is 10.9 Å². The molecule has 1 aromatic rings. The Labute approximate surface area is 91.7 Å². The molecule has 0 aliphatic rings. The van der Waals surface area contributed by atoms with E-state index in [0.29, 0.717) is 5.56 Å². The maximum Gasteiger partial charge on any atom is 0.162 e. The van der Waals surface area contributed by atoms with Crippen molar-refractivity contribution in [3.05, 3.63) is 35.4 Å². The Bertz CT molecular complexity index is 314. The van der Waals surface area contributed by atoms with Gasteiger partial charge in [0.25, 0.3) is 0 Å². The van der Waals surface area contributed by atoms with E-state index in [0.717, 1.165) is 6.07 Å². The molecule has 0 aliphatic heterocycles. The zero-order chi connectivity index (χ0) is 11.1. The molecule has 0 unspecified atom stereocenters. The SMILES string of the molecule is Fc1cccc(CS)c1F.NC(N)=S. The van der Waals surface area contributed by atoms with Gasteiger partial charge in [-0.3, -0.25) is 0 Å². The van der Waals surface area contributed by atoms with Gasteiger partial charge in [-0.25, -0.2) is 8.78 Å². The molecule has 0 saturated heterocycles. The molecule has 0 amide bonds. The van der Waals surface area contributed by atoms with Crippen molar-refractivity contribution in [1.82, 2.24) is 0 Å². The lowest BCUT2D eigenvalue weighted by molar-refractivity contribution is 0.502. The zero-order valence-electron chi connectivity index (χ0n) is 7.21. The molecule has 0 fully saturated rings. The van der Waals surface area contributed by atoms with E-state index in [9.17, 15) is 8.78 Å². The normalized spacial score (nSPS) is 8.79. The molecule has 0 aromatic heterocycles. The van der Waals surface area contributed by atoms with E-state index in [1.165, 1.54) is 12.1 Å². The Kier molecular flexibility index (Phi) is 6.14. The van der Waals surface area contributed by atoms with Crippen LogP contribution in [-0.4, -0.2) is 5.11 Å². The fraction of sp³-hybridized carbons (Fsp3) is 0.125. The van der Waals surface area contributed by atoms with Gasteiger partial charge >= 0.3 is 0 Å². The van der Waals surface area contributed by atoms with Gasteiger partial charge in [-0.15, -0.1) is 0 Å². The third-order valence-electron chi connectivity index (χ3n) is 1.20. The first-order chi connectivity index (χ1) is 6.49. The van der Waals surface area contributed by atoms with Gasteiger partial charge in [-0.1, -0.05) is 12.1 Å². The van der Waals surface area contributed by atoms with Gasteiger partial charge in [0, 0.05) is 11.3 Å². The maximum absolute atomic E-state index is 12.6. The van der Waals surface area contributed by atoms with Crippen molar-refractivity contribution in [3.63, 3.8) is 0 Å². The van der Waals surface area contributed by atoms with Gasteiger partial charge in [0.15, 0.2) is 16.7 Å². The van der Waals surface area contributed by atoms with Crippen LogP contribution in [0.5, 0.6) is 0 Å². The molecule has 0 bridgehead atoms. The van der Waals surface area contributed by atoms with Crippen LogP contribution < -0.4 is 11.5 Å². The van der Waals surface area contributed by atoms with Crippen molar-refractivity contribution in [3.8, 4) is 0 Å². The fourth-order valence-electron chi connectivity index (χ4n) is 0.671. The highest BCUT2D eigenvalue weighted by molar-refractivity contribution is 7.80. The summed E-state index contributed by atoms with van der Waals surface area (Å²) in [4.78, 5) is 0. The number of thiol groups is 1. The van der Waals surface area contributed by atoms with Crippen molar-refractivity contribution >= 4 is 30.0 Å². The molecule has 6 heteroatoms. The first-order valence-corrected chi connectivity index (χ1v) is 4.61. The van der Waals surface area contributed by atoms with Crippen molar-refractivity contribution < 1.29 is 8.78 Å². The quantitative estimate of drug-likeness (QED) is 0.512. The summed E-state index contributed by atoms with van der Waals surface area (Å²) >= 11 is 7.91. The molecule has 1 rings (SSSR count). The molecular formula is C8H10F2N2S2. The monoisotopic (exact) mass is 236 g/mol. The highest BCUT2D eigenvalue weighted by Gasteiger charge is 2.04. The molecule has 0 heterocycles. The van der Waals surface area contributed by atoms with E-state index in [1.54, 1.807) is 0 Å². The second kappa shape index (κ2) is 6.56. The summed E-state index contributed by atoms with van der Waals surface area (Å²) < 4.78 is 24.9. The molecule has 2 nitrogen and oxygen atoms in total. The number of hydrogen-bond acceptors (Lipinski definition) is 2. The molecule has 78 valence electrons. The summed E-state index contributed by atoms with van der Waals surface area (Å²) in [6, 6.07) is 4.05. The molecule has 0 radical (unpaired) electrons. The van der Waals surface area contributed by atoms with Crippen LogP contribution in [-0.2, 0) is 5.75 Å². The molecule has 0 aliphatic carbocycles. The Balaban J connectivity index is 0.000000364. The van der Waals surface area contributed by atoms with E-state index < -0.39 is 11.6 Å². The lowest BCUT2D eigenvalue weighted by atomic mass is 10.2. The third-order valence-corrected chi connectivity index (χ3v) is 1.54. The van der Waals surface area contributed by atoms with E-state index in [1.807, 2.05) is 0 Å². The highest BCUT2D eigenvalue weighted by Crippen LogP contribution is 2.12. The summed E-state index contributed by atoms with van der Waals surface area (Å²) in [7, 11) is 0. The topological polar surface area (TPSA) is 52.0 Å². The minimum Gasteiger partial charge on any atom is -0.377 e. The van der Waals surface area contributed by atoms with E-state index >= 15 is 0 Å². The first kappa shape index (κ1) is 13.1. The lowest BCUT2D eigenvalue weighted by Crippen LogP contribution is -2.18. The Hall–Kier alpha value is -0.880. The molecule has 0 spiro atoms. The predicted octanol–water partition coefficient (Wildman–Crippen LogP) is 1.58. The van der Waals surface area contributed by atoms with Crippen molar-refractivity contribution in [2.24, 2.45) is 11.5 Å². The second-order valence-corrected chi connectivity index (χ2v) is 3.06. The van der Waals surface area contributed by atoms with Gasteiger partial charge < -0.3 is 11.5 Å². The van der Waals surface area contributed by atoms with Crippen LogP contribution in [0.2, 0.25) is 0 Å². The lowest BCUT2D eigenvalue weighted by Gasteiger charge is -1.97. The fourth-order valence-corrected chi connectivity index (χ4v) is 0.915. The summed E-state index contributed by atoms with van der Waals surface area (Å²) in [5.41, 5.74) is 9.54. The Morgan fingerprint density at radius 3 is 2.21 bits per heavy atom. The van der Waals surface area contributed by atoms with Crippen LogP contribution in [0.15, 0.2) is 18.2 Å².